The topological polar surface area (TPSA) is 99.2 Å². The lowest BCUT2D eigenvalue weighted by Crippen LogP contribution is -2.52. The molecule has 1 aliphatic rings. The number of amides is 2. The Kier molecular flexibility index (Phi) is 13.0. The summed E-state index contributed by atoms with van der Waals surface area (Å²) in [5.74, 6) is -1.83. The van der Waals surface area contributed by atoms with Gasteiger partial charge < -0.3 is 29.2 Å². The van der Waals surface area contributed by atoms with Gasteiger partial charge in [-0.05, 0) is 65.4 Å². The van der Waals surface area contributed by atoms with E-state index >= 15 is 4.39 Å². The molecule has 1 aromatic heterocycles. The largest absolute Gasteiger partial charge is 0.489 e. The van der Waals surface area contributed by atoms with Crippen LogP contribution in [-0.2, 0) is 38.6 Å². The van der Waals surface area contributed by atoms with Crippen LogP contribution in [0.2, 0.25) is 0 Å². The maximum atomic E-state index is 15.7. The highest BCUT2D eigenvalue weighted by Gasteiger charge is 2.32. The average molecular weight is 736 g/mol. The van der Waals surface area contributed by atoms with Gasteiger partial charge in [0, 0.05) is 31.6 Å². The summed E-state index contributed by atoms with van der Waals surface area (Å²) in [6.07, 6.45) is -1.91. The molecule has 11 heteroatoms. The summed E-state index contributed by atoms with van der Waals surface area (Å²) in [5.41, 5.74) is 5.55. The Morgan fingerprint density at radius 3 is 2.13 bits per heavy atom. The second-order valence-corrected chi connectivity index (χ2v) is 12.8. The van der Waals surface area contributed by atoms with E-state index in [1.54, 1.807) is 26.0 Å². The predicted molar refractivity (Wildman–Crippen MR) is 200 cm³/mol. The fraction of sp³-hybridized carbons (Fsp3) is 0.279. The van der Waals surface area contributed by atoms with Crippen LogP contribution in [0.4, 0.5) is 13.6 Å². The lowest BCUT2D eigenvalue weighted by molar-refractivity contribution is -0.161. The van der Waals surface area contributed by atoms with Crippen LogP contribution in [-0.4, -0.2) is 60.6 Å². The van der Waals surface area contributed by atoms with Crippen LogP contribution in [0.25, 0.3) is 11.1 Å². The predicted octanol–water partition coefficient (Wildman–Crippen LogP) is 7.82. The number of alkyl carbamates (subject to hydrolysis) is 1. The van der Waals surface area contributed by atoms with Crippen LogP contribution in [0.15, 0.2) is 115 Å². The van der Waals surface area contributed by atoms with Crippen LogP contribution in [0, 0.1) is 11.8 Å². The standard InChI is InChI=1S/C43H43F2N3O6/c1-3-51-41(52-4-2)26-48(25-31-15-12-20-40(45)46-31)42(49)39(23-30-21-22-32(24-38(30)44)53-27-29-13-6-5-7-14-29)47-43(50)54-28-37-35-18-10-8-16-33(35)34-17-9-11-19-36(34)37/h5-22,24,37,39,41H,3-4,23,25-28H2,1-2H3,(H,47,50)/t39-/m0/s1. The zero-order valence-corrected chi connectivity index (χ0v) is 30.3. The highest BCUT2D eigenvalue weighted by atomic mass is 19.1. The summed E-state index contributed by atoms with van der Waals surface area (Å²) in [6.45, 7) is 4.24. The van der Waals surface area contributed by atoms with Crippen molar-refractivity contribution in [2.75, 3.05) is 26.4 Å². The van der Waals surface area contributed by atoms with Gasteiger partial charge in [0.2, 0.25) is 11.9 Å². The van der Waals surface area contributed by atoms with E-state index < -0.39 is 36.1 Å². The van der Waals surface area contributed by atoms with E-state index in [1.165, 1.54) is 29.2 Å². The first-order valence-electron chi connectivity index (χ1n) is 18.0. The molecule has 280 valence electrons. The number of hydrogen-bond donors (Lipinski definition) is 1. The third-order valence-electron chi connectivity index (χ3n) is 9.14. The summed E-state index contributed by atoms with van der Waals surface area (Å²) >= 11 is 0. The van der Waals surface area contributed by atoms with Crippen LogP contribution in [0.3, 0.4) is 0 Å². The highest BCUT2D eigenvalue weighted by Crippen LogP contribution is 2.44. The lowest BCUT2D eigenvalue weighted by atomic mass is 9.98. The Bertz CT molecular complexity index is 1980. The van der Waals surface area contributed by atoms with Crippen molar-refractivity contribution < 1.29 is 37.3 Å². The molecule has 6 rings (SSSR count). The molecule has 0 bridgehead atoms. The number of pyridine rings is 1. The van der Waals surface area contributed by atoms with Crippen molar-refractivity contribution >= 4 is 12.0 Å². The van der Waals surface area contributed by atoms with E-state index in [9.17, 15) is 14.0 Å². The Morgan fingerprint density at radius 2 is 1.48 bits per heavy atom. The molecular weight excluding hydrogens is 692 g/mol. The molecule has 54 heavy (non-hydrogen) atoms. The minimum absolute atomic E-state index is 0.0102. The van der Waals surface area contributed by atoms with Gasteiger partial charge in [0.15, 0.2) is 6.29 Å². The van der Waals surface area contributed by atoms with Crippen molar-refractivity contribution in [2.24, 2.45) is 0 Å². The third kappa shape index (κ3) is 9.66. The fourth-order valence-electron chi connectivity index (χ4n) is 6.62. The maximum Gasteiger partial charge on any atom is 0.407 e. The fourth-order valence-corrected chi connectivity index (χ4v) is 6.62. The third-order valence-corrected chi connectivity index (χ3v) is 9.14. The molecule has 2 amide bonds. The van der Waals surface area contributed by atoms with Crippen molar-refractivity contribution in [3.63, 3.8) is 0 Å². The van der Waals surface area contributed by atoms with Crippen LogP contribution >= 0.6 is 0 Å². The first kappa shape index (κ1) is 38.1. The molecule has 1 atom stereocenters. The molecule has 5 aromatic rings. The number of halogens is 2. The van der Waals surface area contributed by atoms with E-state index in [-0.39, 0.29) is 49.9 Å². The lowest BCUT2D eigenvalue weighted by Gasteiger charge is -2.31. The smallest absolute Gasteiger partial charge is 0.407 e. The second-order valence-electron chi connectivity index (χ2n) is 12.8. The van der Waals surface area contributed by atoms with Crippen molar-refractivity contribution in [1.82, 2.24) is 15.2 Å². The van der Waals surface area contributed by atoms with Crippen LogP contribution in [0.1, 0.15) is 47.7 Å². The molecule has 1 aliphatic carbocycles. The van der Waals surface area contributed by atoms with Crippen molar-refractivity contribution in [3.05, 3.63) is 155 Å². The minimum atomic E-state index is -1.30. The number of nitrogens with zero attached hydrogens (tertiary/aromatic N) is 2. The number of aromatic nitrogens is 1. The number of rotatable bonds is 17. The molecule has 9 nitrogen and oxygen atoms in total. The molecule has 1 N–H and O–H groups in total. The van der Waals surface area contributed by atoms with Crippen molar-refractivity contribution in [2.45, 2.75) is 51.7 Å². The number of fused-ring (bicyclic) bond motifs is 3. The number of ether oxygens (including phenoxy) is 4. The molecule has 0 saturated heterocycles. The number of benzene rings is 4. The van der Waals surface area contributed by atoms with E-state index in [2.05, 4.69) is 10.3 Å². The van der Waals surface area contributed by atoms with Crippen molar-refractivity contribution in [1.29, 1.82) is 0 Å². The molecule has 1 heterocycles. The van der Waals surface area contributed by atoms with E-state index in [0.717, 1.165) is 27.8 Å². The molecule has 0 fully saturated rings. The number of hydrogen-bond acceptors (Lipinski definition) is 7. The molecule has 0 unspecified atom stereocenters. The van der Waals surface area contributed by atoms with Gasteiger partial charge in [-0.15, -0.1) is 0 Å². The molecule has 0 spiro atoms. The Balaban J connectivity index is 1.25. The summed E-state index contributed by atoms with van der Waals surface area (Å²) in [4.78, 5) is 33.4. The zero-order valence-electron chi connectivity index (χ0n) is 30.3. The molecule has 0 aliphatic heterocycles. The summed E-state index contributed by atoms with van der Waals surface area (Å²) in [6, 6.07) is 32.8. The first-order valence-corrected chi connectivity index (χ1v) is 18.0. The van der Waals surface area contributed by atoms with Crippen molar-refractivity contribution in [3.8, 4) is 16.9 Å². The summed E-state index contributed by atoms with van der Waals surface area (Å²) < 4.78 is 53.0. The molecular formula is C43H43F2N3O6. The van der Waals surface area contributed by atoms with Gasteiger partial charge in [-0.2, -0.15) is 4.39 Å². The number of carbonyl (C=O) groups excluding carboxylic acids is 2. The molecule has 0 radical (unpaired) electrons. The highest BCUT2D eigenvalue weighted by molar-refractivity contribution is 5.86. The summed E-state index contributed by atoms with van der Waals surface area (Å²) in [5, 5.41) is 2.71. The van der Waals surface area contributed by atoms with Gasteiger partial charge in [-0.1, -0.05) is 91.0 Å². The van der Waals surface area contributed by atoms with E-state index in [0.29, 0.717) is 19.0 Å². The van der Waals surface area contributed by atoms with Crippen LogP contribution < -0.4 is 10.1 Å². The first-order chi connectivity index (χ1) is 26.3. The monoisotopic (exact) mass is 735 g/mol. The number of nitrogens with one attached hydrogen (secondary N) is 1. The van der Waals surface area contributed by atoms with Gasteiger partial charge in [0.1, 0.15) is 30.8 Å². The second kappa shape index (κ2) is 18.4. The SMILES string of the molecule is CCOC(CN(Cc1cccc(F)n1)C(=O)[C@H](Cc1ccc(OCc2ccccc2)cc1F)NC(=O)OCC1c2ccccc2-c2ccccc21)OCC. The normalized spacial score (nSPS) is 12.5. The summed E-state index contributed by atoms with van der Waals surface area (Å²) in [7, 11) is 0. The molecule has 4 aromatic carbocycles. The van der Waals surface area contributed by atoms with Gasteiger partial charge >= 0.3 is 6.09 Å². The van der Waals surface area contributed by atoms with Gasteiger partial charge in [0.05, 0.1) is 18.8 Å². The Morgan fingerprint density at radius 1 is 0.815 bits per heavy atom. The Hall–Kier alpha value is -5.65. The van der Waals surface area contributed by atoms with Gasteiger partial charge in [-0.25, -0.2) is 14.2 Å². The number of carbonyl (C=O) groups is 2. The molecule has 0 saturated carbocycles. The maximum absolute atomic E-state index is 15.7. The van der Waals surface area contributed by atoms with E-state index in [4.69, 9.17) is 18.9 Å². The zero-order chi connectivity index (χ0) is 37.9. The van der Waals surface area contributed by atoms with Gasteiger partial charge in [-0.3, -0.25) is 4.79 Å². The average Bonchev–Trinajstić information content (AvgIpc) is 3.50. The van der Waals surface area contributed by atoms with E-state index in [1.807, 2.05) is 78.9 Å². The minimum Gasteiger partial charge on any atom is -0.489 e. The van der Waals surface area contributed by atoms with Crippen LogP contribution in [0.5, 0.6) is 5.75 Å². The van der Waals surface area contributed by atoms with Gasteiger partial charge in [0.25, 0.3) is 0 Å². The Labute approximate surface area is 313 Å². The quantitative estimate of drug-likeness (QED) is 0.0769.